The van der Waals surface area contributed by atoms with E-state index < -0.39 is 0 Å². The Morgan fingerprint density at radius 3 is 2.56 bits per heavy atom. The molecule has 0 aliphatic carbocycles. The van der Waals surface area contributed by atoms with E-state index in [0.717, 1.165) is 48.8 Å². The second-order valence-corrected chi connectivity index (χ2v) is 10.4. The van der Waals surface area contributed by atoms with Crippen LogP contribution in [0.5, 0.6) is 11.5 Å². The van der Waals surface area contributed by atoms with E-state index in [1.165, 1.54) is 6.26 Å². The molecule has 10 nitrogen and oxygen atoms in total. The summed E-state index contributed by atoms with van der Waals surface area (Å²) < 4.78 is 24.3. The molecule has 2 aliphatic heterocycles. The van der Waals surface area contributed by atoms with Crippen LogP contribution < -0.4 is 9.47 Å². The number of aromatic nitrogens is 1. The third-order valence-electron chi connectivity index (χ3n) is 7.49. The Balaban J connectivity index is 1.03. The lowest BCUT2D eigenvalue weighted by Crippen LogP contribution is -2.48. The molecule has 0 spiro atoms. The van der Waals surface area contributed by atoms with Crippen molar-refractivity contribution >= 4 is 11.8 Å². The molecule has 1 aromatic carbocycles. The average molecular weight is 559 g/mol. The van der Waals surface area contributed by atoms with Gasteiger partial charge in [0.05, 0.1) is 19.4 Å². The molecular formula is C31H34N4O6. The van der Waals surface area contributed by atoms with E-state index in [4.69, 9.17) is 18.3 Å². The molecule has 0 saturated carbocycles. The van der Waals surface area contributed by atoms with Gasteiger partial charge in [0.1, 0.15) is 5.76 Å². The summed E-state index contributed by atoms with van der Waals surface area (Å²) in [6, 6.07) is 17.0. The van der Waals surface area contributed by atoms with Gasteiger partial charge in [-0.25, -0.2) is 0 Å². The number of amides is 2. The van der Waals surface area contributed by atoms with E-state index in [1.807, 2.05) is 52.9 Å². The van der Waals surface area contributed by atoms with Crippen LogP contribution in [0, 0.1) is 0 Å². The average Bonchev–Trinajstić information content (AvgIpc) is 3.81. The first-order valence-electron chi connectivity index (χ1n) is 14.0. The lowest BCUT2D eigenvalue weighted by Gasteiger charge is -2.34. The van der Waals surface area contributed by atoms with Gasteiger partial charge in [-0.15, -0.1) is 0 Å². The van der Waals surface area contributed by atoms with Gasteiger partial charge in [0.15, 0.2) is 23.0 Å². The molecule has 0 radical (unpaired) electrons. The number of carbonyl (C=O) groups excluding carboxylic acids is 2. The fourth-order valence-electron chi connectivity index (χ4n) is 5.33. The van der Waals surface area contributed by atoms with Crippen LogP contribution in [0.2, 0.25) is 0 Å². The molecule has 4 aromatic rings. The SMILES string of the molecule is CCCN(Cc1cccn1Cc1ccc(C(=O)N2CCN(Cc3ccc4c(c3)OCO4)CC2)o1)C(=O)c1ccco1. The minimum atomic E-state index is -0.133. The van der Waals surface area contributed by atoms with E-state index in [-0.39, 0.29) is 18.6 Å². The molecule has 0 atom stereocenters. The number of benzene rings is 1. The summed E-state index contributed by atoms with van der Waals surface area (Å²) in [6.45, 7) is 7.48. The Morgan fingerprint density at radius 1 is 0.902 bits per heavy atom. The predicted molar refractivity (Wildman–Crippen MR) is 150 cm³/mol. The van der Waals surface area contributed by atoms with Crippen molar-refractivity contribution in [2.75, 3.05) is 39.5 Å². The molecular weight excluding hydrogens is 524 g/mol. The number of hydrogen-bond acceptors (Lipinski definition) is 7. The van der Waals surface area contributed by atoms with Crippen molar-refractivity contribution in [3.63, 3.8) is 0 Å². The van der Waals surface area contributed by atoms with Gasteiger partial charge in [-0.3, -0.25) is 14.5 Å². The van der Waals surface area contributed by atoms with Crippen LogP contribution in [-0.4, -0.2) is 70.6 Å². The Labute approximate surface area is 238 Å². The highest BCUT2D eigenvalue weighted by Gasteiger charge is 2.25. The van der Waals surface area contributed by atoms with Crippen LogP contribution in [0.4, 0.5) is 0 Å². The topological polar surface area (TPSA) is 93.5 Å². The molecule has 0 N–H and O–H groups in total. The molecule has 41 heavy (non-hydrogen) atoms. The number of hydrogen-bond donors (Lipinski definition) is 0. The summed E-state index contributed by atoms with van der Waals surface area (Å²) in [7, 11) is 0. The van der Waals surface area contributed by atoms with Gasteiger partial charge in [-0.2, -0.15) is 0 Å². The van der Waals surface area contributed by atoms with Gasteiger partial charge in [0, 0.05) is 51.2 Å². The zero-order valence-electron chi connectivity index (χ0n) is 23.2. The number of piperazine rings is 1. The van der Waals surface area contributed by atoms with Crippen LogP contribution in [0.3, 0.4) is 0 Å². The highest BCUT2D eigenvalue weighted by molar-refractivity contribution is 5.92. The fourth-order valence-corrected chi connectivity index (χ4v) is 5.33. The minimum absolute atomic E-state index is 0.0927. The van der Waals surface area contributed by atoms with E-state index >= 15 is 0 Å². The van der Waals surface area contributed by atoms with Crippen LogP contribution >= 0.6 is 0 Å². The summed E-state index contributed by atoms with van der Waals surface area (Å²) in [5, 5.41) is 0. The van der Waals surface area contributed by atoms with Crippen LogP contribution in [0.15, 0.2) is 75.9 Å². The molecule has 0 bridgehead atoms. The maximum atomic E-state index is 13.2. The van der Waals surface area contributed by atoms with E-state index in [9.17, 15) is 9.59 Å². The molecule has 3 aromatic heterocycles. The summed E-state index contributed by atoms with van der Waals surface area (Å²) >= 11 is 0. The molecule has 6 rings (SSSR count). The van der Waals surface area contributed by atoms with Gasteiger partial charge < -0.3 is 32.7 Å². The number of nitrogens with zero attached hydrogens (tertiary/aromatic N) is 4. The Morgan fingerprint density at radius 2 is 1.76 bits per heavy atom. The molecule has 2 aliphatic rings. The lowest BCUT2D eigenvalue weighted by atomic mass is 10.1. The van der Waals surface area contributed by atoms with Crippen molar-refractivity contribution in [3.05, 3.63) is 95.6 Å². The highest BCUT2D eigenvalue weighted by atomic mass is 16.7. The van der Waals surface area contributed by atoms with Crippen molar-refractivity contribution in [2.45, 2.75) is 33.0 Å². The maximum absolute atomic E-state index is 13.2. The number of ether oxygens (including phenoxy) is 2. The number of rotatable bonds is 10. The van der Waals surface area contributed by atoms with Crippen molar-refractivity contribution in [3.8, 4) is 11.5 Å². The van der Waals surface area contributed by atoms with E-state index in [2.05, 4.69) is 11.0 Å². The standard InChI is InChI=1S/C31H34N4O6/c1-2-11-35(30(36)27-6-4-17-38-27)20-24-5-3-12-34(24)21-25-8-10-28(41-25)31(37)33-15-13-32(14-16-33)19-23-7-9-26-29(18-23)40-22-39-26/h3-10,12,17-18H,2,11,13-16,19-22H2,1H3. The Kier molecular flexibility index (Phi) is 7.82. The van der Waals surface area contributed by atoms with Crippen LogP contribution in [0.25, 0.3) is 0 Å². The normalized spacial score (nSPS) is 14.9. The molecule has 0 unspecified atom stereocenters. The number of furan rings is 2. The second-order valence-electron chi connectivity index (χ2n) is 10.4. The third-order valence-corrected chi connectivity index (χ3v) is 7.49. The molecule has 2 amide bonds. The zero-order valence-corrected chi connectivity index (χ0v) is 23.2. The quantitative estimate of drug-likeness (QED) is 0.284. The summed E-state index contributed by atoms with van der Waals surface area (Å²) in [5.74, 6) is 2.72. The largest absolute Gasteiger partial charge is 0.459 e. The molecule has 1 fully saturated rings. The van der Waals surface area contributed by atoms with Crippen molar-refractivity contribution in [2.24, 2.45) is 0 Å². The smallest absolute Gasteiger partial charge is 0.289 e. The number of carbonyl (C=O) groups is 2. The molecule has 10 heteroatoms. The fraction of sp³-hybridized carbons (Fsp3) is 0.355. The third kappa shape index (κ3) is 6.02. The second kappa shape index (κ2) is 12.0. The maximum Gasteiger partial charge on any atom is 0.289 e. The van der Waals surface area contributed by atoms with Crippen molar-refractivity contribution in [1.82, 2.24) is 19.3 Å². The summed E-state index contributed by atoms with van der Waals surface area (Å²) in [6.07, 6.45) is 4.31. The van der Waals surface area contributed by atoms with Crippen LogP contribution in [-0.2, 0) is 19.6 Å². The monoisotopic (exact) mass is 558 g/mol. The zero-order chi connectivity index (χ0) is 28.2. The highest BCUT2D eigenvalue weighted by Crippen LogP contribution is 2.33. The molecule has 5 heterocycles. The Hall–Kier alpha value is -4.44. The molecule has 214 valence electrons. The van der Waals surface area contributed by atoms with E-state index in [1.54, 1.807) is 23.1 Å². The van der Waals surface area contributed by atoms with Crippen molar-refractivity contribution in [1.29, 1.82) is 0 Å². The first-order valence-corrected chi connectivity index (χ1v) is 14.0. The van der Waals surface area contributed by atoms with E-state index in [0.29, 0.717) is 50.0 Å². The summed E-state index contributed by atoms with van der Waals surface area (Å²) in [5.41, 5.74) is 2.14. The van der Waals surface area contributed by atoms with Gasteiger partial charge in [-0.05, 0) is 60.5 Å². The summed E-state index contributed by atoms with van der Waals surface area (Å²) in [4.78, 5) is 32.1. The number of fused-ring (bicyclic) bond motifs is 1. The van der Waals surface area contributed by atoms with Gasteiger partial charge in [-0.1, -0.05) is 13.0 Å². The first-order chi connectivity index (χ1) is 20.1. The molecule has 1 saturated heterocycles. The predicted octanol–water partition coefficient (Wildman–Crippen LogP) is 4.46. The Bertz CT molecular complexity index is 1480. The van der Waals surface area contributed by atoms with Gasteiger partial charge in [0.2, 0.25) is 6.79 Å². The van der Waals surface area contributed by atoms with Crippen molar-refractivity contribution < 1.29 is 27.9 Å². The van der Waals surface area contributed by atoms with Crippen LogP contribution in [0.1, 0.15) is 51.5 Å². The minimum Gasteiger partial charge on any atom is -0.459 e. The van der Waals surface area contributed by atoms with Gasteiger partial charge in [0.25, 0.3) is 11.8 Å². The lowest BCUT2D eigenvalue weighted by molar-refractivity contribution is 0.0595. The van der Waals surface area contributed by atoms with Gasteiger partial charge >= 0.3 is 0 Å². The first kappa shape index (κ1) is 26.8.